The summed E-state index contributed by atoms with van der Waals surface area (Å²) >= 11 is 0. The normalized spacial score (nSPS) is 17.9. The molecule has 0 aromatic heterocycles. The molecule has 1 fully saturated rings. The number of nitrogens with zero attached hydrogens (tertiary/aromatic N) is 2. The third kappa shape index (κ3) is 2.47. The van der Waals surface area contributed by atoms with Gasteiger partial charge in [-0.2, -0.15) is 0 Å². The number of aldehydes is 1. The highest BCUT2D eigenvalue weighted by Gasteiger charge is 2.31. The van der Waals surface area contributed by atoms with Gasteiger partial charge in [-0.3, -0.25) is 19.7 Å². The van der Waals surface area contributed by atoms with Gasteiger partial charge in [-0.25, -0.2) is 0 Å². The first-order valence-corrected chi connectivity index (χ1v) is 6.30. The third-order valence-corrected chi connectivity index (χ3v) is 3.46. The van der Waals surface area contributed by atoms with E-state index in [1.165, 1.54) is 18.2 Å². The number of rotatable bonds is 4. The molecule has 0 aliphatic carbocycles. The quantitative estimate of drug-likeness (QED) is 0.506. The molecule has 0 saturated carbocycles. The van der Waals surface area contributed by atoms with Crippen LogP contribution in [0.4, 0.5) is 11.4 Å². The fourth-order valence-electron chi connectivity index (χ4n) is 2.51. The molecule has 0 bridgehead atoms. The summed E-state index contributed by atoms with van der Waals surface area (Å²) < 4.78 is 0. The number of carbonyl (C=O) groups is 2. The highest BCUT2D eigenvalue weighted by atomic mass is 16.6. The van der Waals surface area contributed by atoms with E-state index in [1.807, 2.05) is 4.90 Å². The molecular weight excluding hydrogens is 262 g/mol. The number of nitro benzene ring substituents is 1. The molecule has 1 aliphatic heterocycles. The molecule has 0 radical (unpaired) electrons. The highest BCUT2D eigenvalue weighted by Crippen LogP contribution is 2.30. The van der Waals surface area contributed by atoms with Crippen molar-refractivity contribution in [2.75, 3.05) is 18.5 Å². The molecule has 20 heavy (non-hydrogen) atoms. The lowest BCUT2D eigenvalue weighted by atomic mass is 10.1. The number of anilines is 1. The number of nitrogens with one attached hydrogen (secondary N) is 1. The van der Waals surface area contributed by atoms with Crippen LogP contribution in [0, 0.1) is 10.1 Å². The van der Waals surface area contributed by atoms with Crippen molar-refractivity contribution < 1.29 is 14.5 Å². The number of likely N-dealkylation sites (N-methyl/N-ethyl adjacent to an activating group) is 1. The SMILES string of the molecule is CNC(=O)C1CCCN1c1ccc([N+](=O)[O-])cc1C=O. The largest absolute Gasteiger partial charge is 0.359 e. The van der Waals surface area contributed by atoms with Crippen LogP contribution in [-0.4, -0.2) is 36.8 Å². The van der Waals surface area contributed by atoms with E-state index in [0.717, 1.165) is 6.42 Å². The molecule has 2 rings (SSSR count). The van der Waals surface area contributed by atoms with Gasteiger partial charge in [0.25, 0.3) is 5.69 Å². The Morgan fingerprint density at radius 3 is 2.90 bits per heavy atom. The fourth-order valence-corrected chi connectivity index (χ4v) is 2.51. The van der Waals surface area contributed by atoms with E-state index in [9.17, 15) is 19.7 Å². The minimum absolute atomic E-state index is 0.113. The Morgan fingerprint density at radius 2 is 2.30 bits per heavy atom. The number of benzene rings is 1. The second-order valence-corrected chi connectivity index (χ2v) is 4.58. The van der Waals surface area contributed by atoms with Gasteiger partial charge in [-0.05, 0) is 18.9 Å². The average Bonchev–Trinajstić information content (AvgIpc) is 2.94. The van der Waals surface area contributed by atoms with Crippen molar-refractivity contribution in [3.8, 4) is 0 Å². The van der Waals surface area contributed by atoms with Crippen LogP contribution in [0.2, 0.25) is 0 Å². The van der Waals surface area contributed by atoms with Gasteiger partial charge in [-0.15, -0.1) is 0 Å². The smallest absolute Gasteiger partial charge is 0.270 e. The number of hydrogen-bond acceptors (Lipinski definition) is 5. The van der Waals surface area contributed by atoms with Crippen molar-refractivity contribution in [3.05, 3.63) is 33.9 Å². The van der Waals surface area contributed by atoms with Crippen LogP contribution in [0.3, 0.4) is 0 Å². The van der Waals surface area contributed by atoms with Crippen LogP contribution in [0.15, 0.2) is 18.2 Å². The Balaban J connectivity index is 2.39. The predicted octanol–water partition coefficient (Wildman–Crippen LogP) is 1.12. The molecule has 1 unspecified atom stereocenters. The van der Waals surface area contributed by atoms with E-state index in [-0.39, 0.29) is 23.2 Å². The van der Waals surface area contributed by atoms with Crippen LogP contribution >= 0.6 is 0 Å². The summed E-state index contributed by atoms with van der Waals surface area (Å²) in [5, 5.41) is 13.3. The summed E-state index contributed by atoms with van der Waals surface area (Å²) in [4.78, 5) is 35.0. The second-order valence-electron chi connectivity index (χ2n) is 4.58. The number of hydrogen-bond donors (Lipinski definition) is 1. The van der Waals surface area contributed by atoms with Crippen molar-refractivity contribution >= 4 is 23.6 Å². The van der Waals surface area contributed by atoms with Crippen molar-refractivity contribution in [1.29, 1.82) is 0 Å². The number of amides is 1. The topological polar surface area (TPSA) is 92.6 Å². The van der Waals surface area contributed by atoms with E-state index >= 15 is 0 Å². The van der Waals surface area contributed by atoms with E-state index in [0.29, 0.717) is 24.9 Å². The van der Waals surface area contributed by atoms with Gasteiger partial charge < -0.3 is 10.2 Å². The van der Waals surface area contributed by atoms with E-state index in [1.54, 1.807) is 7.05 Å². The Labute approximate surface area is 115 Å². The maximum Gasteiger partial charge on any atom is 0.270 e. The molecule has 0 spiro atoms. The van der Waals surface area contributed by atoms with Crippen LogP contribution < -0.4 is 10.2 Å². The monoisotopic (exact) mass is 277 g/mol. The van der Waals surface area contributed by atoms with E-state index < -0.39 is 4.92 Å². The first kappa shape index (κ1) is 14.0. The van der Waals surface area contributed by atoms with Gasteiger partial charge in [0.1, 0.15) is 6.04 Å². The Kier molecular flexibility index (Phi) is 3.97. The minimum atomic E-state index is -0.545. The zero-order chi connectivity index (χ0) is 14.7. The number of nitro groups is 1. The highest BCUT2D eigenvalue weighted by molar-refractivity contribution is 5.90. The molecular formula is C13H15N3O4. The lowest BCUT2D eigenvalue weighted by Crippen LogP contribution is -2.42. The van der Waals surface area contributed by atoms with E-state index in [4.69, 9.17) is 0 Å². The maximum atomic E-state index is 11.8. The molecule has 1 aromatic rings. The lowest BCUT2D eigenvalue weighted by Gasteiger charge is -2.26. The Morgan fingerprint density at radius 1 is 1.55 bits per heavy atom. The summed E-state index contributed by atoms with van der Waals surface area (Å²) in [6.07, 6.45) is 2.13. The van der Waals surface area contributed by atoms with Crippen LogP contribution in [0.1, 0.15) is 23.2 Å². The van der Waals surface area contributed by atoms with Gasteiger partial charge in [0.2, 0.25) is 5.91 Å². The standard InChI is InChI=1S/C13H15N3O4/c1-14-13(18)12-3-2-6-15(12)11-5-4-10(16(19)20)7-9(11)8-17/h4-5,7-8,12H,2-3,6H2,1H3,(H,14,18). The molecule has 1 amide bonds. The first-order valence-electron chi connectivity index (χ1n) is 6.30. The second kappa shape index (κ2) is 5.68. The Bertz CT molecular complexity index is 559. The molecule has 106 valence electrons. The van der Waals surface area contributed by atoms with Crippen LogP contribution in [0.5, 0.6) is 0 Å². The molecule has 7 nitrogen and oxygen atoms in total. The van der Waals surface area contributed by atoms with Crippen molar-refractivity contribution in [1.82, 2.24) is 5.32 Å². The molecule has 1 saturated heterocycles. The van der Waals surface area contributed by atoms with Gasteiger partial charge in [-0.1, -0.05) is 0 Å². The van der Waals surface area contributed by atoms with Gasteiger partial charge in [0, 0.05) is 37.0 Å². The molecule has 1 N–H and O–H groups in total. The number of carbonyl (C=O) groups excluding carboxylic acids is 2. The predicted molar refractivity (Wildman–Crippen MR) is 72.9 cm³/mol. The zero-order valence-corrected chi connectivity index (χ0v) is 11.0. The minimum Gasteiger partial charge on any atom is -0.359 e. The molecule has 1 heterocycles. The summed E-state index contributed by atoms with van der Waals surface area (Å²) in [5.74, 6) is -0.113. The van der Waals surface area contributed by atoms with Gasteiger partial charge in [0.15, 0.2) is 6.29 Å². The molecule has 1 aliphatic rings. The van der Waals surface area contributed by atoms with Crippen molar-refractivity contribution in [2.24, 2.45) is 0 Å². The fraction of sp³-hybridized carbons (Fsp3) is 0.385. The summed E-state index contributed by atoms with van der Waals surface area (Å²) in [7, 11) is 1.56. The average molecular weight is 277 g/mol. The zero-order valence-electron chi connectivity index (χ0n) is 11.0. The van der Waals surface area contributed by atoms with Crippen molar-refractivity contribution in [2.45, 2.75) is 18.9 Å². The van der Waals surface area contributed by atoms with Crippen molar-refractivity contribution in [3.63, 3.8) is 0 Å². The first-order chi connectivity index (χ1) is 9.58. The van der Waals surface area contributed by atoms with Gasteiger partial charge >= 0.3 is 0 Å². The summed E-state index contributed by atoms with van der Waals surface area (Å²) in [5.41, 5.74) is 0.665. The third-order valence-electron chi connectivity index (χ3n) is 3.46. The summed E-state index contributed by atoms with van der Waals surface area (Å²) in [6, 6.07) is 3.78. The van der Waals surface area contributed by atoms with E-state index in [2.05, 4.69) is 5.32 Å². The summed E-state index contributed by atoms with van der Waals surface area (Å²) in [6.45, 7) is 0.650. The van der Waals surface area contributed by atoms with Gasteiger partial charge in [0.05, 0.1) is 4.92 Å². The maximum absolute atomic E-state index is 11.8. The lowest BCUT2D eigenvalue weighted by molar-refractivity contribution is -0.384. The Hall–Kier alpha value is -2.44. The van der Waals surface area contributed by atoms with Crippen LogP contribution in [0.25, 0.3) is 0 Å². The molecule has 7 heteroatoms. The van der Waals surface area contributed by atoms with Crippen LogP contribution in [-0.2, 0) is 4.79 Å². The molecule has 1 atom stereocenters. The number of non-ortho nitro benzene ring substituents is 1. The molecule has 1 aromatic carbocycles.